The van der Waals surface area contributed by atoms with E-state index in [-0.39, 0.29) is 6.04 Å². The van der Waals surface area contributed by atoms with E-state index < -0.39 is 0 Å². The van der Waals surface area contributed by atoms with E-state index in [2.05, 4.69) is 53.5 Å². The van der Waals surface area contributed by atoms with Crippen LogP contribution in [0.15, 0.2) is 42.7 Å². The largest absolute Gasteiger partial charge is 0.362 e. The molecule has 0 spiro atoms. The number of nitrogens with one attached hydrogen (secondary N) is 1. The summed E-state index contributed by atoms with van der Waals surface area (Å²) in [6.45, 7) is 6.31. The summed E-state index contributed by atoms with van der Waals surface area (Å²) in [6, 6.07) is 11.0. The van der Waals surface area contributed by atoms with Crippen molar-refractivity contribution in [1.29, 1.82) is 0 Å². The van der Waals surface area contributed by atoms with Crippen LogP contribution in [-0.4, -0.2) is 14.6 Å². The average Bonchev–Trinajstić information content (AvgIpc) is 2.88. The molecule has 108 valence electrons. The maximum Gasteiger partial charge on any atom is 0.152 e. The van der Waals surface area contributed by atoms with E-state index in [9.17, 15) is 0 Å². The van der Waals surface area contributed by atoms with Crippen LogP contribution in [0.5, 0.6) is 0 Å². The van der Waals surface area contributed by atoms with E-state index in [0.717, 1.165) is 23.4 Å². The van der Waals surface area contributed by atoms with Crippen LogP contribution < -0.4 is 5.32 Å². The van der Waals surface area contributed by atoms with E-state index >= 15 is 0 Å². The Labute approximate surface area is 124 Å². The third-order valence-electron chi connectivity index (χ3n) is 3.75. The number of anilines is 1. The van der Waals surface area contributed by atoms with Gasteiger partial charge >= 0.3 is 0 Å². The van der Waals surface area contributed by atoms with Crippen molar-refractivity contribution in [1.82, 2.24) is 14.6 Å². The van der Waals surface area contributed by atoms with Gasteiger partial charge in [-0.1, -0.05) is 31.2 Å². The monoisotopic (exact) mass is 280 g/mol. The second-order valence-corrected chi connectivity index (χ2v) is 5.35. The van der Waals surface area contributed by atoms with Crippen molar-refractivity contribution in [3.05, 3.63) is 59.5 Å². The molecule has 0 bridgehead atoms. The van der Waals surface area contributed by atoms with Crippen molar-refractivity contribution in [2.45, 2.75) is 33.2 Å². The second-order valence-electron chi connectivity index (χ2n) is 5.35. The Bertz CT molecular complexity index is 743. The molecular formula is C17H20N4. The van der Waals surface area contributed by atoms with Gasteiger partial charge in [-0.15, -0.1) is 0 Å². The molecule has 1 aromatic carbocycles. The van der Waals surface area contributed by atoms with Crippen LogP contribution in [0, 0.1) is 6.92 Å². The van der Waals surface area contributed by atoms with Gasteiger partial charge in [-0.05, 0) is 37.5 Å². The summed E-state index contributed by atoms with van der Waals surface area (Å²) in [5.41, 5.74) is 4.61. The van der Waals surface area contributed by atoms with E-state index in [1.807, 2.05) is 23.7 Å². The Morgan fingerprint density at radius 1 is 1.24 bits per heavy atom. The Balaban J connectivity index is 1.86. The van der Waals surface area contributed by atoms with Gasteiger partial charge in [0.15, 0.2) is 5.82 Å². The van der Waals surface area contributed by atoms with Gasteiger partial charge in [-0.25, -0.2) is 9.50 Å². The van der Waals surface area contributed by atoms with Gasteiger partial charge < -0.3 is 5.32 Å². The first-order valence-corrected chi connectivity index (χ1v) is 7.33. The fourth-order valence-electron chi connectivity index (χ4n) is 2.49. The number of benzene rings is 1. The zero-order valence-electron chi connectivity index (χ0n) is 12.7. The van der Waals surface area contributed by atoms with E-state index in [1.54, 1.807) is 6.20 Å². The molecule has 0 aliphatic rings. The van der Waals surface area contributed by atoms with E-state index in [4.69, 9.17) is 0 Å². The minimum Gasteiger partial charge on any atom is -0.362 e. The molecule has 1 atom stereocenters. The molecule has 2 heterocycles. The molecule has 0 aliphatic heterocycles. The highest BCUT2D eigenvalue weighted by atomic mass is 15.2. The summed E-state index contributed by atoms with van der Waals surface area (Å²) >= 11 is 0. The average molecular weight is 280 g/mol. The predicted molar refractivity (Wildman–Crippen MR) is 85.6 cm³/mol. The van der Waals surface area contributed by atoms with Crippen LogP contribution in [0.1, 0.15) is 36.7 Å². The van der Waals surface area contributed by atoms with Crippen LogP contribution in [0.25, 0.3) is 5.52 Å². The third-order valence-corrected chi connectivity index (χ3v) is 3.75. The maximum atomic E-state index is 4.45. The van der Waals surface area contributed by atoms with Crippen LogP contribution in [0.4, 0.5) is 5.82 Å². The SMILES string of the molecule is CCc1ccc(C(C)Nc2nccn3nc(C)cc23)cc1. The molecule has 3 aromatic rings. The molecule has 1 N–H and O–H groups in total. The molecular weight excluding hydrogens is 260 g/mol. The number of aromatic nitrogens is 3. The lowest BCUT2D eigenvalue weighted by atomic mass is 10.1. The molecule has 4 nitrogen and oxygen atoms in total. The first-order valence-electron chi connectivity index (χ1n) is 7.33. The molecule has 0 saturated carbocycles. The van der Waals surface area contributed by atoms with Gasteiger partial charge in [0.2, 0.25) is 0 Å². The number of fused-ring (bicyclic) bond motifs is 1. The molecule has 0 fully saturated rings. The summed E-state index contributed by atoms with van der Waals surface area (Å²) in [5, 5.41) is 7.89. The normalized spacial score (nSPS) is 12.5. The van der Waals surface area contributed by atoms with Crippen molar-refractivity contribution in [2.75, 3.05) is 5.32 Å². The summed E-state index contributed by atoms with van der Waals surface area (Å²) in [5.74, 6) is 0.866. The van der Waals surface area contributed by atoms with Crippen molar-refractivity contribution in [3.63, 3.8) is 0 Å². The first kappa shape index (κ1) is 13.6. The number of nitrogens with zero attached hydrogens (tertiary/aromatic N) is 3. The highest BCUT2D eigenvalue weighted by molar-refractivity contribution is 5.68. The maximum absolute atomic E-state index is 4.45. The molecule has 21 heavy (non-hydrogen) atoms. The number of aryl methyl sites for hydroxylation is 2. The highest BCUT2D eigenvalue weighted by Crippen LogP contribution is 2.22. The van der Waals surface area contributed by atoms with Gasteiger partial charge in [0.25, 0.3) is 0 Å². The second kappa shape index (κ2) is 5.56. The molecule has 3 rings (SSSR count). The molecule has 0 saturated heterocycles. The predicted octanol–water partition coefficient (Wildman–Crippen LogP) is 3.77. The molecule has 1 unspecified atom stereocenters. The van der Waals surface area contributed by atoms with E-state index in [1.165, 1.54) is 11.1 Å². The molecule has 4 heteroatoms. The lowest BCUT2D eigenvalue weighted by molar-refractivity contribution is 0.863. The van der Waals surface area contributed by atoms with Gasteiger partial charge in [-0.3, -0.25) is 0 Å². The zero-order chi connectivity index (χ0) is 14.8. The number of rotatable bonds is 4. The summed E-state index contributed by atoms with van der Waals surface area (Å²) in [7, 11) is 0. The summed E-state index contributed by atoms with van der Waals surface area (Å²) in [4.78, 5) is 4.45. The Morgan fingerprint density at radius 2 is 2.00 bits per heavy atom. The lowest BCUT2D eigenvalue weighted by Crippen LogP contribution is -2.09. The number of hydrogen-bond donors (Lipinski definition) is 1. The fourth-order valence-corrected chi connectivity index (χ4v) is 2.49. The zero-order valence-corrected chi connectivity index (χ0v) is 12.7. The lowest BCUT2D eigenvalue weighted by Gasteiger charge is -2.16. The Kier molecular flexibility index (Phi) is 3.60. The Morgan fingerprint density at radius 3 is 2.71 bits per heavy atom. The quantitative estimate of drug-likeness (QED) is 0.791. The van der Waals surface area contributed by atoms with Gasteiger partial charge in [0.1, 0.15) is 5.52 Å². The van der Waals surface area contributed by atoms with E-state index in [0.29, 0.717) is 0 Å². The summed E-state index contributed by atoms with van der Waals surface area (Å²) < 4.78 is 1.86. The topological polar surface area (TPSA) is 42.2 Å². The van der Waals surface area contributed by atoms with Gasteiger partial charge in [-0.2, -0.15) is 5.10 Å². The molecule has 0 aliphatic carbocycles. The van der Waals surface area contributed by atoms with Gasteiger partial charge in [0.05, 0.1) is 11.7 Å². The molecule has 0 radical (unpaired) electrons. The fraction of sp³-hybridized carbons (Fsp3) is 0.294. The van der Waals surface area contributed by atoms with Crippen LogP contribution in [-0.2, 0) is 6.42 Å². The molecule has 0 amide bonds. The van der Waals surface area contributed by atoms with Crippen LogP contribution in [0.2, 0.25) is 0 Å². The number of hydrogen-bond acceptors (Lipinski definition) is 3. The molecule has 2 aromatic heterocycles. The van der Waals surface area contributed by atoms with Crippen molar-refractivity contribution >= 4 is 11.3 Å². The highest BCUT2D eigenvalue weighted by Gasteiger charge is 2.10. The van der Waals surface area contributed by atoms with Crippen LogP contribution >= 0.6 is 0 Å². The van der Waals surface area contributed by atoms with Crippen molar-refractivity contribution in [2.24, 2.45) is 0 Å². The smallest absolute Gasteiger partial charge is 0.152 e. The minimum atomic E-state index is 0.199. The standard InChI is InChI=1S/C17H20N4/c1-4-14-5-7-15(8-6-14)13(3)19-17-16-11-12(2)20-21(16)10-9-18-17/h5-11,13H,4H2,1-3H3,(H,18,19). The first-order chi connectivity index (χ1) is 10.2. The third kappa shape index (κ3) is 2.75. The van der Waals surface area contributed by atoms with Gasteiger partial charge in [0, 0.05) is 12.4 Å². The van der Waals surface area contributed by atoms with Crippen molar-refractivity contribution < 1.29 is 0 Å². The van der Waals surface area contributed by atoms with Crippen molar-refractivity contribution in [3.8, 4) is 0 Å². The summed E-state index contributed by atoms with van der Waals surface area (Å²) in [6.07, 6.45) is 4.71. The van der Waals surface area contributed by atoms with Crippen LogP contribution in [0.3, 0.4) is 0 Å². The Hall–Kier alpha value is -2.36. The minimum absolute atomic E-state index is 0.199.